The molecule has 0 aliphatic rings. The summed E-state index contributed by atoms with van der Waals surface area (Å²) < 4.78 is 21.4. The molecule has 1 radical (unpaired) electrons. The lowest BCUT2D eigenvalue weighted by Gasteiger charge is -2.25. The minimum Gasteiger partial charge on any atom is -0.497 e. The number of nitro groups is 2. The molecular weight excluding hydrogens is 785 g/mol. The quantitative estimate of drug-likeness (QED) is 0.0511. The fourth-order valence-electron chi connectivity index (χ4n) is 6.57. The first kappa shape index (κ1) is 41.6. The molecule has 0 heterocycles. The second kappa shape index (κ2) is 19.0. The molecule has 0 amide bonds. The van der Waals surface area contributed by atoms with Crippen LogP contribution in [0.5, 0.6) is 23.0 Å². The number of anilines is 6. The van der Waals surface area contributed by atoms with Crippen LogP contribution in [0, 0.1) is 43.9 Å². The largest absolute Gasteiger partial charge is 0.497 e. The summed E-state index contributed by atoms with van der Waals surface area (Å²) in [6, 6.07) is 47.3. The molecule has 0 bridgehead atoms. The molecule has 7 aromatic rings. The van der Waals surface area contributed by atoms with Crippen molar-refractivity contribution in [3.05, 3.63) is 200 Å². The third-order valence-corrected chi connectivity index (χ3v) is 9.76. The molecule has 62 heavy (non-hydrogen) atoms. The van der Waals surface area contributed by atoms with Crippen LogP contribution in [0.25, 0.3) is 0 Å². The van der Waals surface area contributed by atoms with E-state index in [4.69, 9.17) is 18.9 Å². The van der Waals surface area contributed by atoms with E-state index in [0.717, 1.165) is 46.3 Å². The molecule has 0 unspecified atom stereocenters. The molecule has 0 aliphatic heterocycles. The summed E-state index contributed by atoms with van der Waals surface area (Å²) in [5, 5.41) is 24.6. The van der Waals surface area contributed by atoms with Gasteiger partial charge in [0.15, 0.2) is 17.1 Å². The Morgan fingerprint density at radius 2 is 0.677 bits per heavy atom. The van der Waals surface area contributed by atoms with Gasteiger partial charge in [0.1, 0.15) is 34.1 Å². The third-order valence-electron chi connectivity index (χ3n) is 9.76. The van der Waals surface area contributed by atoms with Crippen molar-refractivity contribution in [3.63, 3.8) is 0 Å². The molecule has 12 nitrogen and oxygen atoms in total. The van der Waals surface area contributed by atoms with Crippen LogP contribution >= 0.6 is 0 Å². The zero-order valence-corrected chi connectivity index (χ0v) is 34.1. The van der Waals surface area contributed by atoms with Gasteiger partial charge in [0.05, 0.1) is 38.3 Å². The minimum atomic E-state index is -0.620. The van der Waals surface area contributed by atoms with Gasteiger partial charge in [-0.1, -0.05) is 28.6 Å². The summed E-state index contributed by atoms with van der Waals surface area (Å²) >= 11 is 0. The molecule has 0 aliphatic carbocycles. The molecule has 7 rings (SSSR count). The normalized spacial score (nSPS) is 10.4. The van der Waals surface area contributed by atoms with Crippen molar-refractivity contribution in [2.75, 3.05) is 33.3 Å². The maximum atomic E-state index is 12.3. The predicted molar refractivity (Wildman–Crippen MR) is 239 cm³/mol. The van der Waals surface area contributed by atoms with E-state index in [1.165, 1.54) is 0 Å². The summed E-state index contributed by atoms with van der Waals surface area (Å²) in [5.41, 5.74) is 5.18. The van der Waals surface area contributed by atoms with Crippen LogP contribution in [-0.2, 0) is 0 Å². The van der Waals surface area contributed by atoms with Crippen molar-refractivity contribution in [1.82, 2.24) is 4.90 Å². The van der Waals surface area contributed by atoms with E-state index < -0.39 is 21.2 Å². The van der Waals surface area contributed by atoms with E-state index in [1.54, 1.807) is 52.7 Å². The van der Waals surface area contributed by atoms with Gasteiger partial charge >= 0.3 is 0 Å². The summed E-state index contributed by atoms with van der Waals surface area (Å²) in [5.74, 6) is 14.3. The second-order valence-corrected chi connectivity index (χ2v) is 13.5. The van der Waals surface area contributed by atoms with Gasteiger partial charge < -0.3 is 23.8 Å². The number of hydrogen-bond acceptors (Lipinski definition) is 10. The minimum absolute atomic E-state index is 0.115. The van der Waals surface area contributed by atoms with Gasteiger partial charge in [0, 0.05) is 76.7 Å². The molecule has 305 valence electrons. The zero-order valence-electron chi connectivity index (χ0n) is 34.1. The molecule has 0 spiro atoms. The Morgan fingerprint density at radius 1 is 0.403 bits per heavy atom. The van der Waals surface area contributed by atoms with Crippen LogP contribution in [0.1, 0.15) is 22.3 Å². The highest BCUT2D eigenvalue weighted by Gasteiger charge is 2.26. The monoisotopic (exact) mass is 822 g/mol. The van der Waals surface area contributed by atoms with Crippen molar-refractivity contribution in [1.29, 1.82) is 0 Å². The van der Waals surface area contributed by atoms with Gasteiger partial charge in [-0.15, -0.1) is 0 Å². The fourth-order valence-corrected chi connectivity index (χ4v) is 6.57. The lowest BCUT2D eigenvalue weighted by atomic mass is 10.1. The van der Waals surface area contributed by atoms with Crippen molar-refractivity contribution in [3.8, 4) is 46.7 Å². The first-order chi connectivity index (χ1) is 30.2. The van der Waals surface area contributed by atoms with E-state index >= 15 is 0 Å². The van der Waals surface area contributed by atoms with Crippen LogP contribution < -0.4 is 28.7 Å². The number of methoxy groups -OCH3 is 4. The van der Waals surface area contributed by atoms with Crippen molar-refractivity contribution in [2.24, 2.45) is 0 Å². The first-order valence-electron chi connectivity index (χ1n) is 19.1. The number of nitro benzene ring substituents is 2. The SMILES string of the molecule is COc1ccc(N(c2ccc(C#Cc3cc([N+](=O)[O-])c(C#Cc4ccc([N+](c5ccc(OC)cc5)c5ccc(OC)cc5)cc4)cc3[N+](=O)[O-])cc2)c2ccc(OC)cc2)cc1. The van der Waals surface area contributed by atoms with Crippen molar-refractivity contribution in [2.45, 2.75) is 0 Å². The number of hydrogen-bond donors (Lipinski definition) is 0. The van der Waals surface area contributed by atoms with E-state index in [-0.39, 0.29) is 11.1 Å². The lowest BCUT2D eigenvalue weighted by molar-refractivity contribution is -0.389. The molecule has 0 N–H and O–H groups in total. The number of benzene rings is 7. The Kier molecular flexibility index (Phi) is 12.7. The summed E-state index contributed by atoms with van der Waals surface area (Å²) in [6.45, 7) is 0. The average Bonchev–Trinajstić information content (AvgIpc) is 3.32. The first-order valence-corrected chi connectivity index (χ1v) is 19.1. The Bertz CT molecular complexity index is 2530. The molecule has 0 atom stereocenters. The van der Waals surface area contributed by atoms with Crippen LogP contribution in [0.3, 0.4) is 0 Å². The number of rotatable bonds is 12. The summed E-state index contributed by atoms with van der Waals surface area (Å²) in [7, 11) is 6.43. The van der Waals surface area contributed by atoms with Crippen LogP contribution in [0.2, 0.25) is 0 Å². The fraction of sp³-hybridized carbons (Fsp3) is 0.0800. The maximum absolute atomic E-state index is 12.3. The van der Waals surface area contributed by atoms with Gasteiger partial charge in [-0.05, 0) is 109 Å². The predicted octanol–water partition coefficient (Wildman–Crippen LogP) is 11.2. The molecule has 0 saturated heterocycles. The summed E-state index contributed by atoms with van der Waals surface area (Å²) in [4.78, 5) is 27.4. The van der Waals surface area contributed by atoms with Crippen molar-refractivity contribution < 1.29 is 28.8 Å². The molecule has 0 aromatic heterocycles. The second-order valence-electron chi connectivity index (χ2n) is 13.5. The third kappa shape index (κ3) is 9.48. The van der Waals surface area contributed by atoms with E-state index in [0.29, 0.717) is 34.1 Å². The molecule has 0 saturated carbocycles. The Balaban J connectivity index is 1.16. The van der Waals surface area contributed by atoms with Crippen LogP contribution in [0.15, 0.2) is 158 Å². The topological polar surface area (TPSA) is 132 Å². The Labute approximate surface area is 358 Å². The molecule has 0 fully saturated rings. The van der Waals surface area contributed by atoms with Gasteiger partial charge in [-0.2, -0.15) is 0 Å². The van der Waals surface area contributed by atoms with Gasteiger partial charge in [-0.25, -0.2) is 0 Å². The summed E-state index contributed by atoms with van der Waals surface area (Å²) in [6.07, 6.45) is 0. The van der Waals surface area contributed by atoms with Crippen LogP contribution in [-0.4, -0.2) is 38.3 Å². The van der Waals surface area contributed by atoms with E-state index in [2.05, 4.69) is 23.7 Å². The molecule has 7 aromatic carbocycles. The van der Waals surface area contributed by atoms with E-state index in [9.17, 15) is 20.2 Å². The highest BCUT2D eigenvalue weighted by atomic mass is 16.6. The van der Waals surface area contributed by atoms with E-state index in [1.807, 2.05) is 131 Å². The number of nitrogens with zero attached hydrogens (tertiary/aromatic N) is 4. The smallest absolute Gasteiger partial charge is 0.286 e. The van der Waals surface area contributed by atoms with Crippen LogP contribution in [0.4, 0.5) is 45.5 Å². The number of ether oxygens (including phenoxy) is 4. The average molecular weight is 823 g/mol. The van der Waals surface area contributed by atoms with Gasteiger partial charge in [0.25, 0.3) is 11.4 Å². The van der Waals surface area contributed by atoms with Crippen molar-refractivity contribution >= 4 is 45.5 Å². The molecule has 12 heteroatoms. The zero-order chi connectivity index (χ0) is 43.6. The Hall–Kier alpha value is -8.58. The maximum Gasteiger partial charge on any atom is 0.286 e. The highest BCUT2D eigenvalue weighted by molar-refractivity contribution is 5.77. The lowest BCUT2D eigenvalue weighted by Crippen LogP contribution is -2.11. The molecular formula is C50H38N4O8+. The van der Waals surface area contributed by atoms with Gasteiger partial charge in [-0.3, -0.25) is 20.2 Å². The standard InChI is InChI=1S/C50H38N4O8/c1-59-45-25-17-41(18-26-45)51(42-19-27-46(60-2)28-20-42)39-13-7-35(8-14-39)5-11-37-33-50(54(57)58)38(34-49(37)53(55)56)12-6-36-9-15-40(16-10-36)52(43-21-29-47(61-3)30-22-43)44-23-31-48(62-4)32-24-44/h7-10,13-34H,1-4H3/q+1. The highest BCUT2D eigenvalue weighted by Crippen LogP contribution is 2.38. The van der Waals surface area contributed by atoms with Gasteiger partial charge in [0.2, 0.25) is 0 Å². The Morgan fingerprint density at radius 3 is 0.984 bits per heavy atom.